The predicted molar refractivity (Wildman–Crippen MR) is 64.5 cm³/mol. The van der Waals surface area contributed by atoms with Crippen LogP contribution in [-0.2, 0) is 9.59 Å². The van der Waals surface area contributed by atoms with Gasteiger partial charge in [-0.3, -0.25) is 9.59 Å². The highest BCUT2D eigenvalue weighted by Crippen LogP contribution is 2.48. The molecule has 5 heteroatoms. The Bertz CT molecular complexity index is 465. The second kappa shape index (κ2) is 3.57. The average molecular weight is 250 g/mol. The second-order valence-corrected chi connectivity index (χ2v) is 5.87. The van der Waals surface area contributed by atoms with Gasteiger partial charge in [-0.25, -0.2) is 0 Å². The Morgan fingerprint density at radius 2 is 2.06 bits per heavy atom. The molecule has 2 fully saturated rings. The van der Waals surface area contributed by atoms with Crippen LogP contribution in [0, 0.1) is 5.41 Å². The molecular weight excluding hydrogens is 236 g/mol. The van der Waals surface area contributed by atoms with E-state index in [9.17, 15) is 9.59 Å². The largest absolute Gasteiger partial charge is 0.342 e. The third-order valence-corrected chi connectivity index (χ3v) is 4.41. The SMILES string of the molecule is CC1(C2NC(=O)C(c3ccsc3)NC2=O)CC1. The Balaban J connectivity index is 1.81. The first kappa shape index (κ1) is 10.8. The van der Waals surface area contributed by atoms with E-state index in [2.05, 4.69) is 10.6 Å². The summed E-state index contributed by atoms with van der Waals surface area (Å²) in [5.41, 5.74) is 0.833. The third kappa shape index (κ3) is 1.74. The van der Waals surface area contributed by atoms with Gasteiger partial charge in [-0.2, -0.15) is 11.3 Å². The monoisotopic (exact) mass is 250 g/mol. The number of nitrogens with one attached hydrogen (secondary N) is 2. The molecule has 90 valence electrons. The molecule has 1 aromatic rings. The minimum absolute atomic E-state index is 0.0284. The van der Waals surface area contributed by atoms with Crippen LogP contribution in [0.1, 0.15) is 31.4 Å². The highest BCUT2D eigenvalue weighted by molar-refractivity contribution is 7.08. The fraction of sp³-hybridized carbons (Fsp3) is 0.500. The van der Waals surface area contributed by atoms with E-state index in [4.69, 9.17) is 0 Å². The van der Waals surface area contributed by atoms with Crippen molar-refractivity contribution in [1.82, 2.24) is 10.6 Å². The summed E-state index contributed by atoms with van der Waals surface area (Å²) in [5.74, 6) is -0.151. The van der Waals surface area contributed by atoms with Crippen molar-refractivity contribution >= 4 is 23.2 Å². The smallest absolute Gasteiger partial charge is 0.247 e. The van der Waals surface area contributed by atoms with Crippen LogP contribution < -0.4 is 10.6 Å². The molecule has 2 unspecified atom stereocenters. The number of rotatable bonds is 2. The fourth-order valence-electron chi connectivity index (χ4n) is 2.23. The number of amides is 2. The van der Waals surface area contributed by atoms with E-state index in [1.807, 2.05) is 23.8 Å². The zero-order chi connectivity index (χ0) is 12.0. The van der Waals surface area contributed by atoms with E-state index < -0.39 is 6.04 Å². The van der Waals surface area contributed by atoms with Crippen LogP contribution in [-0.4, -0.2) is 17.9 Å². The summed E-state index contributed by atoms with van der Waals surface area (Å²) >= 11 is 1.52. The van der Waals surface area contributed by atoms with Gasteiger partial charge in [0.25, 0.3) is 0 Å². The minimum Gasteiger partial charge on any atom is -0.342 e. The molecule has 0 aromatic carbocycles. The van der Waals surface area contributed by atoms with Crippen LogP contribution in [0.25, 0.3) is 0 Å². The number of hydrogen-bond acceptors (Lipinski definition) is 3. The number of carbonyl (C=O) groups excluding carboxylic acids is 2. The van der Waals surface area contributed by atoms with Gasteiger partial charge in [0, 0.05) is 0 Å². The molecule has 1 saturated carbocycles. The van der Waals surface area contributed by atoms with Crippen LogP contribution >= 0.6 is 11.3 Å². The second-order valence-electron chi connectivity index (χ2n) is 5.09. The molecule has 2 amide bonds. The lowest BCUT2D eigenvalue weighted by Gasteiger charge is -2.32. The zero-order valence-corrected chi connectivity index (χ0v) is 10.3. The molecule has 2 aliphatic rings. The number of carbonyl (C=O) groups is 2. The molecule has 3 rings (SSSR count). The molecule has 1 aliphatic heterocycles. The highest BCUT2D eigenvalue weighted by atomic mass is 32.1. The topological polar surface area (TPSA) is 58.2 Å². The maximum absolute atomic E-state index is 12.0. The molecule has 0 radical (unpaired) electrons. The van der Waals surface area contributed by atoms with Crippen molar-refractivity contribution in [2.45, 2.75) is 31.8 Å². The first-order valence-corrected chi connectivity index (χ1v) is 6.67. The first-order valence-electron chi connectivity index (χ1n) is 5.73. The summed E-state index contributed by atoms with van der Waals surface area (Å²) in [7, 11) is 0. The molecule has 17 heavy (non-hydrogen) atoms. The maximum Gasteiger partial charge on any atom is 0.247 e. The van der Waals surface area contributed by atoms with Gasteiger partial charge in [-0.05, 0) is 40.6 Å². The van der Waals surface area contributed by atoms with Crippen LogP contribution in [0.5, 0.6) is 0 Å². The van der Waals surface area contributed by atoms with Crippen molar-refractivity contribution in [2.24, 2.45) is 5.41 Å². The molecule has 2 N–H and O–H groups in total. The van der Waals surface area contributed by atoms with Crippen molar-refractivity contribution in [2.75, 3.05) is 0 Å². The number of thiophene rings is 1. The summed E-state index contributed by atoms with van der Waals surface area (Å²) in [5, 5.41) is 9.48. The average Bonchev–Trinajstić information content (AvgIpc) is 2.83. The molecule has 1 aromatic heterocycles. The molecule has 2 heterocycles. The lowest BCUT2D eigenvalue weighted by atomic mass is 9.94. The zero-order valence-electron chi connectivity index (χ0n) is 9.53. The Morgan fingerprint density at radius 1 is 1.29 bits per heavy atom. The summed E-state index contributed by atoms with van der Waals surface area (Å²) < 4.78 is 0. The third-order valence-electron chi connectivity index (χ3n) is 3.71. The Hall–Kier alpha value is -1.36. The van der Waals surface area contributed by atoms with Crippen molar-refractivity contribution < 1.29 is 9.59 Å². The van der Waals surface area contributed by atoms with Gasteiger partial charge in [-0.15, -0.1) is 0 Å². The fourth-order valence-corrected chi connectivity index (χ4v) is 2.92. The van der Waals surface area contributed by atoms with Crippen molar-refractivity contribution in [1.29, 1.82) is 0 Å². The maximum atomic E-state index is 12.0. The standard InChI is InChI=1S/C12H14N2O2S/c1-12(3-4-12)9-11(16)13-8(10(15)14-9)7-2-5-17-6-7/h2,5-6,8-9H,3-4H2,1H3,(H,13,16)(H,14,15). The molecule has 1 saturated heterocycles. The Kier molecular flexibility index (Phi) is 2.26. The van der Waals surface area contributed by atoms with E-state index in [0.717, 1.165) is 18.4 Å². The Labute approximate surface area is 103 Å². The summed E-state index contributed by atoms with van der Waals surface area (Å²) in [6, 6.07) is 0.992. The van der Waals surface area contributed by atoms with E-state index in [1.165, 1.54) is 11.3 Å². The van der Waals surface area contributed by atoms with Crippen LogP contribution in [0.2, 0.25) is 0 Å². The van der Waals surface area contributed by atoms with Gasteiger partial charge < -0.3 is 10.6 Å². The van der Waals surface area contributed by atoms with Crippen molar-refractivity contribution in [3.05, 3.63) is 22.4 Å². The summed E-state index contributed by atoms with van der Waals surface area (Å²) in [6.07, 6.45) is 2.02. The summed E-state index contributed by atoms with van der Waals surface area (Å²) in [6.45, 7) is 2.04. The number of piperazine rings is 1. The van der Waals surface area contributed by atoms with Gasteiger partial charge in [0.15, 0.2) is 0 Å². The van der Waals surface area contributed by atoms with Gasteiger partial charge >= 0.3 is 0 Å². The minimum atomic E-state index is -0.521. The molecule has 1 aliphatic carbocycles. The molecular formula is C12H14N2O2S. The Morgan fingerprint density at radius 3 is 2.65 bits per heavy atom. The van der Waals surface area contributed by atoms with Crippen LogP contribution in [0.3, 0.4) is 0 Å². The van der Waals surface area contributed by atoms with Gasteiger partial charge in [-0.1, -0.05) is 6.92 Å². The van der Waals surface area contributed by atoms with Crippen molar-refractivity contribution in [3.8, 4) is 0 Å². The lowest BCUT2D eigenvalue weighted by molar-refractivity contribution is -0.138. The van der Waals surface area contributed by atoms with E-state index in [-0.39, 0.29) is 23.3 Å². The van der Waals surface area contributed by atoms with Crippen LogP contribution in [0.4, 0.5) is 0 Å². The van der Waals surface area contributed by atoms with Gasteiger partial charge in [0.1, 0.15) is 12.1 Å². The van der Waals surface area contributed by atoms with Crippen LogP contribution in [0.15, 0.2) is 16.8 Å². The first-order chi connectivity index (χ1) is 8.10. The van der Waals surface area contributed by atoms with Gasteiger partial charge in [0.2, 0.25) is 11.8 Å². The molecule has 0 spiro atoms. The number of hydrogen-bond donors (Lipinski definition) is 2. The van der Waals surface area contributed by atoms with E-state index in [0.29, 0.717) is 0 Å². The predicted octanol–water partition coefficient (Wildman–Crippen LogP) is 1.20. The lowest BCUT2D eigenvalue weighted by Crippen LogP contribution is -2.60. The summed E-state index contributed by atoms with van der Waals surface area (Å²) in [4.78, 5) is 24.0. The van der Waals surface area contributed by atoms with Crippen molar-refractivity contribution in [3.63, 3.8) is 0 Å². The molecule has 0 bridgehead atoms. The molecule has 4 nitrogen and oxygen atoms in total. The van der Waals surface area contributed by atoms with E-state index in [1.54, 1.807) is 0 Å². The highest BCUT2D eigenvalue weighted by Gasteiger charge is 2.52. The van der Waals surface area contributed by atoms with E-state index >= 15 is 0 Å². The van der Waals surface area contributed by atoms with Gasteiger partial charge in [0.05, 0.1) is 0 Å². The quantitative estimate of drug-likeness (QED) is 0.828. The normalized spacial score (nSPS) is 30.6. The molecule has 2 atom stereocenters.